The van der Waals surface area contributed by atoms with E-state index in [2.05, 4.69) is 41.6 Å². The van der Waals surface area contributed by atoms with E-state index < -0.39 is 49.2 Å². The molecular formula is C38H48N5O9P. The summed E-state index contributed by atoms with van der Waals surface area (Å²) in [6.45, 7) is 10.3. The minimum atomic E-state index is -5.00. The van der Waals surface area contributed by atoms with E-state index >= 15 is 0 Å². The Labute approximate surface area is 307 Å². The van der Waals surface area contributed by atoms with Crippen LogP contribution in [0.2, 0.25) is 0 Å². The molecule has 4 fully saturated rings. The quantitative estimate of drug-likeness (QED) is 0.111. The molecule has 284 valence electrons. The van der Waals surface area contributed by atoms with Gasteiger partial charge in [-0.05, 0) is 84.7 Å². The number of rotatable bonds is 17. The molecule has 53 heavy (non-hydrogen) atoms. The van der Waals surface area contributed by atoms with Gasteiger partial charge in [-0.15, -0.1) is 0 Å². The van der Waals surface area contributed by atoms with E-state index in [1.165, 1.54) is 29.8 Å². The van der Waals surface area contributed by atoms with E-state index in [9.17, 15) is 38.3 Å². The van der Waals surface area contributed by atoms with Crippen LogP contribution in [0.15, 0.2) is 48.5 Å². The lowest BCUT2D eigenvalue weighted by Crippen LogP contribution is -2.56. The van der Waals surface area contributed by atoms with E-state index in [0.717, 1.165) is 5.56 Å². The van der Waals surface area contributed by atoms with Crippen molar-refractivity contribution < 1.29 is 43.1 Å². The van der Waals surface area contributed by atoms with Gasteiger partial charge in [0.2, 0.25) is 17.7 Å². The number of piperidine rings is 1. The molecule has 2 aliphatic carbocycles. The van der Waals surface area contributed by atoms with Crippen molar-refractivity contribution in [2.45, 2.75) is 96.7 Å². The van der Waals surface area contributed by atoms with Crippen LogP contribution in [-0.4, -0.2) is 79.1 Å². The largest absolute Gasteiger partial charge is 0.396 e. The fourth-order valence-corrected chi connectivity index (χ4v) is 8.26. The highest BCUT2D eigenvalue weighted by atomic mass is 31.2. The van der Waals surface area contributed by atoms with Gasteiger partial charge in [0.1, 0.15) is 17.8 Å². The minimum Gasteiger partial charge on any atom is -0.372 e. The highest BCUT2D eigenvalue weighted by Crippen LogP contribution is 2.78. The summed E-state index contributed by atoms with van der Waals surface area (Å²) in [6, 6.07) is 11.3. The van der Waals surface area contributed by atoms with Crippen molar-refractivity contribution in [3.05, 3.63) is 70.9 Å². The van der Waals surface area contributed by atoms with Gasteiger partial charge in [-0.25, -0.2) is 0 Å². The predicted molar refractivity (Wildman–Crippen MR) is 195 cm³/mol. The van der Waals surface area contributed by atoms with Gasteiger partial charge < -0.3 is 40.8 Å². The second kappa shape index (κ2) is 14.8. The topological polar surface area (TPSA) is 221 Å². The third-order valence-electron chi connectivity index (χ3n) is 10.8. The van der Waals surface area contributed by atoms with Crippen LogP contribution >= 0.6 is 7.60 Å². The molecule has 3 aromatic rings. The molecule has 2 saturated heterocycles. The maximum Gasteiger partial charge on any atom is 0.396 e. The zero-order valence-corrected chi connectivity index (χ0v) is 31.3. The summed E-state index contributed by atoms with van der Waals surface area (Å²) in [7, 11) is -5.00. The van der Waals surface area contributed by atoms with Crippen molar-refractivity contribution in [1.29, 1.82) is 0 Å². The summed E-state index contributed by atoms with van der Waals surface area (Å²) >= 11 is 0. The number of primary amides is 1. The summed E-state index contributed by atoms with van der Waals surface area (Å²) in [5.41, 5.74) is 6.70. The molecule has 15 heteroatoms. The van der Waals surface area contributed by atoms with Crippen molar-refractivity contribution >= 4 is 47.7 Å². The smallest absolute Gasteiger partial charge is 0.372 e. The van der Waals surface area contributed by atoms with E-state index in [1.54, 1.807) is 4.90 Å². The number of carbonyl (C=O) groups excluding carboxylic acids is 5. The van der Waals surface area contributed by atoms with Crippen LogP contribution in [0.25, 0.3) is 10.9 Å². The number of hydrogen-bond acceptors (Lipinski definition) is 7. The molecule has 2 unspecified atom stereocenters. The predicted octanol–water partition coefficient (Wildman–Crippen LogP) is 3.56. The monoisotopic (exact) mass is 749 g/mol. The Morgan fingerprint density at radius 1 is 0.943 bits per heavy atom. The fourth-order valence-electron chi connectivity index (χ4n) is 7.78. The van der Waals surface area contributed by atoms with Gasteiger partial charge in [0.05, 0.1) is 18.8 Å². The van der Waals surface area contributed by atoms with E-state index in [0.29, 0.717) is 29.8 Å². The molecule has 2 saturated carbocycles. The first-order valence-electron chi connectivity index (χ1n) is 18.1. The molecule has 14 nitrogen and oxygen atoms in total. The van der Waals surface area contributed by atoms with Crippen LogP contribution in [0, 0.1) is 23.7 Å². The number of H-pyrrole nitrogens is 1. The molecule has 0 spiro atoms. The lowest BCUT2D eigenvalue weighted by molar-refractivity contribution is -0.141. The highest BCUT2D eigenvalue weighted by Gasteiger charge is 2.86. The Kier molecular flexibility index (Phi) is 10.7. The third-order valence-corrected chi connectivity index (χ3v) is 11.6. The number of nitrogens with one attached hydrogen (secondary N) is 3. The number of ether oxygens (including phenoxy) is 1. The maximum atomic E-state index is 14.3. The molecule has 3 heterocycles. The van der Waals surface area contributed by atoms with Crippen molar-refractivity contribution in [3.63, 3.8) is 0 Å². The van der Waals surface area contributed by atoms with Crippen LogP contribution in [0.4, 0.5) is 0 Å². The zero-order valence-electron chi connectivity index (χ0n) is 30.4. The Morgan fingerprint density at radius 3 is 2.23 bits per heavy atom. The maximum absolute atomic E-state index is 14.3. The first-order chi connectivity index (χ1) is 25.0. The zero-order chi connectivity index (χ0) is 38.5. The number of aromatic nitrogens is 1. The SMILES string of the molecule is CC(C)C[C@H](NC(=O)c1cc2cc(C(=O)P(=O)(O)O)ccc2[nH]1)C(=O)N1C2C3[C@H]2[C@@H]3[C@H]1C(=O)N[C@@H](CCC(N)=O)[C@@H](C)OCc1ccc(C(C)C)cc1. The average molecular weight is 750 g/mol. The second-order valence-electron chi connectivity index (χ2n) is 15.4. The lowest BCUT2D eigenvalue weighted by atomic mass is 10.0. The molecular weight excluding hydrogens is 701 g/mol. The highest BCUT2D eigenvalue weighted by molar-refractivity contribution is 7.70. The summed E-state index contributed by atoms with van der Waals surface area (Å²) in [5, 5.41) is 6.32. The first-order valence-corrected chi connectivity index (χ1v) is 19.7. The number of fused-ring (bicyclic) bond motifs is 2. The van der Waals surface area contributed by atoms with Crippen LogP contribution in [-0.2, 0) is 30.3 Å². The Bertz CT molecular complexity index is 1960. The second-order valence-corrected chi connectivity index (χ2v) is 16.9. The van der Waals surface area contributed by atoms with Crippen LogP contribution in [0.5, 0.6) is 0 Å². The molecule has 0 radical (unpaired) electrons. The fraction of sp³-hybridized carbons (Fsp3) is 0.500. The molecule has 4 aliphatic rings. The number of amides is 4. The van der Waals surface area contributed by atoms with Gasteiger partial charge >= 0.3 is 7.60 Å². The third kappa shape index (κ3) is 8.11. The van der Waals surface area contributed by atoms with Crippen LogP contribution in [0.3, 0.4) is 0 Å². The average Bonchev–Trinajstić information content (AvgIpc) is 3.82. The van der Waals surface area contributed by atoms with Crippen molar-refractivity contribution in [2.24, 2.45) is 29.4 Å². The van der Waals surface area contributed by atoms with Gasteiger partial charge in [-0.1, -0.05) is 52.0 Å². The van der Waals surface area contributed by atoms with Crippen LogP contribution < -0.4 is 16.4 Å². The summed E-state index contributed by atoms with van der Waals surface area (Å²) in [5.74, 6) is -0.814. The standard InChI is InChI=1S/C38H48N5O9P/c1-18(2)14-28(42-35(45)27-16-24-15-23(10-11-26(24)40-27)38(48)53(49,50)51)37(47)43-33-30-31(33)32(30)34(43)36(46)41-25(12-13-29(39)44)20(5)52-17-21-6-8-22(9-7-21)19(3)4/h6-11,15-16,18-20,25,28,30-34,40H,12-14,17H2,1-5H3,(H2,39,44)(H,41,46)(H,42,45)(H2,49,50,51)/t20-,25+,28+,30+,31?,32+,33?,34+/m1/s1. The Hall–Kier alpha value is -4.36. The number of benzene rings is 2. The number of nitrogens with two attached hydrogens (primary N) is 1. The molecule has 2 aromatic carbocycles. The molecule has 2 bridgehead atoms. The van der Waals surface area contributed by atoms with Crippen molar-refractivity contribution in [3.8, 4) is 0 Å². The van der Waals surface area contributed by atoms with Gasteiger partial charge in [0.15, 0.2) is 0 Å². The molecule has 8 atom stereocenters. The van der Waals surface area contributed by atoms with E-state index in [1.807, 2.05) is 32.9 Å². The van der Waals surface area contributed by atoms with Crippen LogP contribution in [0.1, 0.15) is 91.8 Å². The normalized spacial score (nSPS) is 23.0. The first kappa shape index (κ1) is 38.4. The van der Waals surface area contributed by atoms with Gasteiger partial charge in [-0.2, -0.15) is 0 Å². The molecule has 1 aromatic heterocycles. The number of nitrogens with zero attached hydrogens (tertiary/aromatic N) is 1. The molecule has 7 rings (SSSR count). The molecule has 4 amide bonds. The van der Waals surface area contributed by atoms with E-state index in [4.69, 9.17) is 10.5 Å². The number of carbonyl (C=O) groups is 5. The van der Waals surface area contributed by atoms with Crippen molar-refractivity contribution in [1.82, 2.24) is 20.5 Å². The Balaban J connectivity index is 1.15. The lowest BCUT2D eigenvalue weighted by Gasteiger charge is -2.31. The minimum absolute atomic E-state index is 0.0168. The molecule has 2 aliphatic heterocycles. The van der Waals surface area contributed by atoms with E-state index in [-0.39, 0.29) is 65.6 Å². The summed E-state index contributed by atoms with van der Waals surface area (Å²) in [4.78, 5) is 88.9. The summed E-state index contributed by atoms with van der Waals surface area (Å²) in [6.07, 6.45) is 0.158. The molecule has 7 N–H and O–H groups in total. The summed E-state index contributed by atoms with van der Waals surface area (Å²) < 4.78 is 17.7. The van der Waals surface area contributed by atoms with Gasteiger partial charge in [0, 0.05) is 28.9 Å². The van der Waals surface area contributed by atoms with Gasteiger partial charge in [0.25, 0.3) is 11.4 Å². The number of aromatic amines is 1. The Morgan fingerprint density at radius 2 is 1.62 bits per heavy atom. The number of hydrogen-bond donors (Lipinski definition) is 6. The van der Waals surface area contributed by atoms with Gasteiger partial charge in [-0.3, -0.25) is 28.5 Å². The van der Waals surface area contributed by atoms with Crippen molar-refractivity contribution in [2.75, 3.05) is 0 Å².